The number of halogens is 3. The number of ether oxygens (including phenoxy) is 2. The Morgan fingerprint density at radius 1 is 1.12 bits per heavy atom. The Bertz CT molecular complexity index is 1260. The van der Waals surface area contributed by atoms with Gasteiger partial charge in [0.05, 0.1) is 13.3 Å². The topological polar surface area (TPSA) is 67.9 Å². The zero-order chi connectivity index (χ0) is 29.0. The third-order valence-electron chi connectivity index (χ3n) is 8.03. The standard InChI is InChI=1S/C31H35F3N2O4/c1-4-17-36-21-30(40-22(2)37)16-9-8-15-29(30,24-13-10-14-25(19-24)39-3)20-27(36)35-28(38)26(31(32,33)34)18-23-11-6-5-7-12-23/h4-7,10-14,18-19,27H,1,8-9,15-17,20-21H2,2-3H3,(H,35,38)/t27-,29-,30?/m0/s1. The lowest BCUT2D eigenvalue weighted by atomic mass is 9.55. The summed E-state index contributed by atoms with van der Waals surface area (Å²) >= 11 is 0. The van der Waals surface area contributed by atoms with E-state index in [1.165, 1.54) is 19.1 Å². The molecule has 0 radical (unpaired) electrons. The summed E-state index contributed by atoms with van der Waals surface area (Å²) < 4.78 is 54.0. The van der Waals surface area contributed by atoms with Gasteiger partial charge in [0, 0.05) is 25.4 Å². The van der Waals surface area contributed by atoms with Gasteiger partial charge in [-0.05, 0) is 55.0 Å². The van der Waals surface area contributed by atoms with Crippen LogP contribution in [-0.4, -0.2) is 54.9 Å². The van der Waals surface area contributed by atoms with Crippen LogP contribution in [0.25, 0.3) is 6.08 Å². The van der Waals surface area contributed by atoms with Crippen molar-refractivity contribution in [3.8, 4) is 5.75 Å². The van der Waals surface area contributed by atoms with Gasteiger partial charge in [0.15, 0.2) is 0 Å². The number of alkyl halides is 3. The second kappa shape index (κ2) is 11.9. The smallest absolute Gasteiger partial charge is 0.421 e. The molecule has 2 fully saturated rings. The lowest BCUT2D eigenvalue weighted by Crippen LogP contribution is -2.71. The van der Waals surface area contributed by atoms with Gasteiger partial charge < -0.3 is 14.8 Å². The maximum absolute atomic E-state index is 14.1. The van der Waals surface area contributed by atoms with Crippen LogP contribution >= 0.6 is 0 Å². The fourth-order valence-corrected chi connectivity index (χ4v) is 6.34. The average molecular weight is 557 g/mol. The summed E-state index contributed by atoms with van der Waals surface area (Å²) in [5, 5.41) is 2.69. The van der Waals surface area contributed by atoms with E-state index in [9.17, 15) is 22.8 Å². The van der Waals surface area contributed by atoms with E-state index in [1.54, 1.807) is 31.4 Å². The molecule has 1 saturated carbocycles. The highest BCUT2D eigenvalue weighted by atomic mass is 19.4. The van der Waals surface area contributed by atoms with Gasteiger partial charge in [0.1, 0.15) is 16.9 Å². The van der Waals surface area contributed by atoms with Crippen molar-refractivity contribution in [3.63, 3.8) is 0 Å². The second-order valence-electron chi connectivity index (χ2n) is 10.5. The third kappa shape index (κ3) is 5.94. The number of likely N-dealkylation sites (tertiary alicyclic amines) is 1. The molecule has 1 heterocycles. The minimum absolute atomic E-state index is 0.227. The molecule has 1 aliphatic heterocycles. The number of nitrogens with zero attached hydrogens (tertiary/aromatic N) is 1. The molecular weight excluding hydrogens is 521 g/mol. The van der Waals surface area contributed by atoms with Gasteiger partial charge in [-0.3, -0.25) is 14.5 Å². The van der Waals surface area contributed by atoms with Crippen LogP contribution in [0.5, 0.6) is 5.75 Å². The lowest BCUT2D eigenvalue weighted by molar-refractivity contribution is -0.192. The van der Waals surface area contributed by atoms with Crippen molar-refractivity contribution < 1.29 is 32.2 Å². The SMILES string of the molecule is C=CCN1CC2(OC(C)=O)CCCC[C@@]2(c2cccc(OC)c2)C[C@H]1NC(=O)C(=Cc1ccccc1)C(F)(F)F. The number of amides is 1. The molecule has 214 valence electrons. The van der Waals surface area contributed by atoms with Crippen LogP contribution in [0, 0.1) is 0 Å². The predicted molar refractivity (Wildman–Crippen MR) is 146 cm³/mol. The highest BCUT2D eigenvalue weighted by molar-refractivity contribution is 5.99. The normalized spacial score (nSPS) is 25.4. The number of esters is 1. The molecule has 0 bridgehead atoms. The number of piperidine rings is 1. The van der Waals surface area contributed by atoms with E-state index in [-0.39, 0.29) is 25.1 Å². The van der Waals surface area contributed by atoms with Gasteiger partial charge in [-0.2, -0.15) is 13.2 Å². The fraction of sp³-hybridized carbons (Fsp3) is 0.419. The molecule has 1 amide bonds. The first-order valence-corrected chi connectivity index (χ1v) is 13.4. The van der Waals surface area contributed by atoms with E-state index in [2.05, 4.69) is 11.9 Å². The summed E-state index contributed by atoms with van der Waals surface area (Å²) in [4.78, 5) is 27.6. The van der Waals surface area contributed by atoms with Crippen molar-refractivity contribution >= 4 is 18.0 Å². The molecule has 1 saturated heterocycles. The number of fused-ring (bicyclic) bond motifs is 1. The summed E-state index contributed by atoms with van der Waals surface area (Å²) in [6.07, 6.45) is -0.0319. The van der Waals surface area contributed by atoms with Crippen molar-refractivity contribution in [1.29, 1.82) is 0 Å². The van der Waals surface area contributed by atoms with E-state index in [0.717, 1.165) is 24.5 Å². The van der Waals surface area contributed by atoms with Crippen LogP contribution in [-0.2, 0) is 19.7 Å². The molecule has 6 nitrogen and oxygen atoms in total. The number of nitrogens with one attached hydrogen (secondary N) is 1. The van der Waals surface area contributed by atoms with Gasteiger partial charge >= 0.3 is 12.1 Å². The molecule has 3 atom stereocenters. The number of carbonyl (C=O) groups excluding carboxylic acids is 2. The van der Waals surface area contributed by atoms with Crippen LogP contribution in [0.2, 0.25) is 0 Å². The van der Waals surface area contributed by atoms with E-state index in [0.29, 0.717) is 18.6 Å². The van der Waals surface area contributed by atoms with Crippen molar-refractivity contribution in [3.05, 3.63) is 84.0 Å². The van der Waals surface area contributed by atoms with Crippen LogP contribution in [0.15, 0.2) is 72.8 Å². The third-order valence-corrected chi connectivity index (χ3v) is 8.03. The van der Waals surface area contributed by atoms with Crippen molar-refractivity contribution in [2.24, 2.45) is 0 Å². The lowest BCUT2D eigenvalue weighted by Gasteiger charge is -2.60. The summed E-state index contributed by atoms with van der Waals surface area (Å²) in [5.74, 6) is -1.03. The van der Waals surface area contributed by atoms with Gasteiger partial charge in [0.25, 0.3) is 5.91 Å². The van der Waals surface area contributed by atoms with Gasteiger partial charge in [-0.25, -0.2) is 0 Å². The molecule has 2 aliphatic rings. The minimum Gasteiger partial charge on any atom is -0.497 e. The molecule has 40 heavy (non-hydrogen) atoms. The van der Waals surface area contributed by atoms with Gasteiger partial charge in [-0.1, -0.05) is 55.0 Å². The number of hydrogen-bond donors (Lipinski definition) is 1. The van der Waals surface area contributed by atoms with Crippen molar-refractivity contribution in [2.45, 2.75) is 62.4 Å². The number of rotatable bonds is 8. The van der Waals surface area contributed by atoms with E-state index in [4.69, 9.17) is 9.47 Å². The molecule has 0 aromatic heterocycles. The Hall–Kier alpha value is -3.59. The number of carbonyl (C=O) groups is 2. The molecular formula is C31H35F3N2O4. The summed E-state index contributed by atoms with van der Waals surface area (Å²) in [6, 6.07) is 15.4. The van der Waals surface area contributed by atoms with Crippen LogP contribution in [0.4, 0.5) is 13.2 Å². The van der Waals surface area contributed by atoms with Crippen LogP contribution in [0.3, 0.4) is 0 Å². The zero-order valence-electron chi connectivity index (χ0n) is 22.8. The summed E-state index contributed by atoms with van der Waals surface area (Å²) in [7, 11) is 1.56. The first kappa shape index (κ1) is 29.4. The fourth-order valence-electron chi connectivity index (χ4n) is 6.34. The quantitative estimate of drug-likeness (QED) is 0.253. The maximum Gasteiger partial charge on any atom is 0.421 e. The zero-order valence-corrected chi connectivity index (χ0v) is 22.8. The van der Waals surface area contributed by atoms with Gasteiger partial charge in [0.2, 0.25) is 0 Å². The number of methoxy groups -OCH3 is 1. The van der Waals surface area contributed by atoms with Crippen LogP contribution in [0.1, 0.15) is 50.2 Å². The predicted octanol–water partition coefficient (Wildman–Crippen LogP) is 5.79. The van der Waals surface area contributed by atoms with Crippen molar-refractivity contribution in [2.75, 3.05) is 20.2 Å². The summed E-state index contributed by atoms with van der Waals surface area (Å²) in [6.45, 7) is 5.70. The Labute approximate surface area is 232 Å². The molecule has 2 aromatic rings. The highest BCUT2D eigenvalue weighted by Crippen LogP contribution is 2.55. The maximum atomic E-state index is 14.1. The Morgan fingerprint density at radius 3 is 2.50 bits per heavy atom. The van der Waals surface area contributed by atoms with Crippen molar-refractivity contribution in [1.82, 2.24) is 10.2 Å². The molecule has 4 rings (SSSR count). The van der Waals surface area contributed by atoms with E-state index >= 15 is 0 Å². The first-order chi connectivity index (χ1) is 19.0. The average Bonchev–Trinajstić information content (AvgIpc) is 2.91. The second-order valence-corrected chi connectivity index (χ2v) is 10.5. The highest BCUT2D eigenvalue weighted by Gasteiger charge is 2.61. The molecule has 1 unspecified atom stereocenters. The molecule has 2 aromatic carbocycles. The Balaban J connectivity index is 1.79. The van der Waals surface area contributed by atoms with Gasteiger partial charge in [-0.15, -0.1) is 6.58 Å². The number of hydrogen-bond acceptors (Lipinski definition) is 5. The molecule has 9 heteroatoms. The minimum atomic E-state index is -4.87. The molecule has 1 N–H and O–H groups in total. The van der Waals surface area contributed by atoms with E-state index < -0.39 is 40.8 Å². The largest absolute Gasteiger partial charge is 0.497 e. The number of benzene rings is 2. The van der Waals surface area contributed by atoms with E-state index in [1.807, 2.05) is 29.2 Å². The Kier molecular flexibility index (Phi) is 8.73. The first-order valence-electron chi connectivity index (χ1n) is 13.4. The van der Waals surface area contributed by atoms with Crippen LogP contribution < -0.4 is 10.1 Å². The summed E-state index contributed by atoms with van der Waals surface area (Å²) in [5.41, 5.74) is -1.86. The Morgan fingerprint density at radius 2 is 1.85 bits per heavy atom. The monoisotopic (exact) mass is 556 g/mol. The molecule has 0 spiro atoms. The molecule has 1 aliphatic carbocycles.